The Hall–Kier alpha value is -1.48. The van der Waals surface area contributed by atoms with Crippen molar-refractivity contribution < 1.29 is 4.65 Å². The van der Waals surface area contributed by atoms with Crippen LogP contribution in [0.25, 0.3) is 0 Å². The van der Waals surface area contributed by atoms with Crippen LogP contribution in [0.1, 0.15) is 46.0 Å². The first-order valence-corrected chi connectivity index (χ1v) is 10.2. The Bertz CT molecular complexity index is 799. The van der Waals surface area contributed by atoms with Crippen molar-refractivity contribution in [3.63, 3.8) is 0 Å². The van der Waals surface area contributed by atoms with Gasteiger partial charge >= 0.3 is 7.05 Å². The predicted octanol–water partition coefficient (Wildman–Crippen LogP) is 4.79. The van der Waals surface area contributed by atoms with Crippen molar-refractivity contribution in [1.29, 1.82) is 0 Å². The van der Waals surface area contributed by atoms with E-state index in [1.54, 1.807) is 22.3 Å². The zero-order chi connectivity index (χ0) is 16.7. The number of fused-ring (bicyclic) bond motifs is 5. The molecule has 25 heavy (non-hydrogen) atoms. The molecule has 2 saturated heterocycles. The van der Waals surface area contributed by atoms with Crippen molar-refractivity contribution in [1.82, 2.24) is 4.81 Å². The fraction of sp³-hybridized carbons (Fsp3) is 0.545. The summed E-state index contributed by atoms with van der Waals surface area (Å²) in [6.07, 6.45) is 17.9. The summed E-state index contributed by atoms with van der Waals surface area (Å²) in [7, 11) is 0.261. The van der Waals surface area contributed by atoms with Gasteiger partial charge in [-0.05, 0) is 72.3 Å². The molecule has 0 spiro atoms. The molecule has 6 aliphatic rings. The van der Waals surface area contributed by atoms with Gasteiger partial charge in [-0.1, -0.05) is 38.2 Å². The van der Waals surface area contributed by atoms with Gasteiger partial charge in [0.25, 0.3) is 0 Å². The highest BCUT2D eigenvalue weighted by Crippen LogP contribution is 2.57. The second-order valence-electron chi connectivity index (χ2n) is 9.01. The molecule has 0 radical (unpaired) electrons. The van der Waals surface area contributed by atoms with Crippen LogP contribution in [0.4, 0.5) is 0 Å². The summed E-state index contributed by atoms with van der Waals surface area (Å²) in [5.41, 5.74) is 6.50. The van der Waals surface area contributed by atoms with Gasteiger partial charge in [-0.25, -0.2) is 0 Å². The number of hydrogen-bond donors (Lipinski definition) is 0. The van der Waals surface area contributed by atoms with E-state index in [-0.39, 0.29) is 7.05 Å². The van der Waals surface area contributed by atoms with Gasteiger partial charge in [0.15, 0.2) is 0 Å². The summed E-state index contributed by atoms with van der Waals surface area (Å²) in [4.78, 5) is 2.79. The summed E-state index contributed by atoms with van der Waals surface area (Å²) >= 11 is 0. The minimum atomic E-state index is 0.261. The van der Waals surface area contributed by atoms with Gasteiger partial charge in [0.2, 0.25) is 0 Å². The first kappa shape index (κ1) is 14.7. The maximum atomic E-state index is 6.65. The molecule has 0 aromatic rings. The lowest BCUT2D eigenvalue weighted by molar-refractivity contribution is 0.224. The first-order chi connectivity index (χ1) is 12.2. The molecule has 0 N–H and O–H groups in total. The van der Waals surface area contributed by atoms with Crippen molar-refractivity contribution in [2.24, 2.45) is 11.8 Å². The van der Waals surface area contributed by atoms with E-state index < -0.39 is 0 Å². The lowest BCUT2D eigenvalue weighted by Gasteiger charge is -2.45. The molecule has 2 heterocycles. The van der Waals surface area contributed by atoms with Crippen LogP contribution in [0.5, 0.6) is 0 Å². The fourth-order valence-electron chi connectivity index (χ4n) is 6.24. The molecule has 2 nitrogen and oxygen atoms in total. The van der Waals surface area contributed by atoms with Crippen LogP contribution < -0.4 is 0 Å². The number of allylic oxidation sites excluding steroid dienone is 6. The number of hydrogen-bond acceptors (Lipinski definition) is 2. The van der Waals surface area contributed by atoms with E-state index in [0.29, 0.717) is 17.9 Å². The molecule has 0 amide bonds. The molecule has 4 atom stereocenters. The molecular weight excluding hydrogens is 305 g/mol. The minimum absolute atomic E-state index is 0.261. The third kappa shape index (κ3) is 1.85. The molecule has 3 heteroatoms. The predicted molar refractivity (Wildman–Crippen MR) is 102 cm³/mol. The Kier molecular flexibility index (Phi) is 2.95. The third-order valence-electron chi connectivity index (χ3n) is 7.49. The molecule has 0 saturated carbocycles. The fourth-order valence-corrected chi connectivity index (χ4v) is 6.24. The lowest BCUT2D eigenvalue weighted by Crippen LogP contribution is -2.55. The van der Waals surface area contributed by atoms with E-state index >= 15 is 0 Å². The minimum Gasteiger partial charge on any atom is -0.548 e. The third-order valence-corrected chi connectivity index (χ3v) is 7.49. The van der Waals surface area contributed by atoms with E-state index in [9.17, 15) is 0 Å². The molecule has 0 aromatic carbocycles. The van der Waals surface area contributed by atoms with E-state index in [4.69, 9.17) is 4.65 Å². The van der Waals surface area contributed by atoms with E-state index in [1.165, 1.54) is 18.6 Å². The van der Waals surface area contributed by atoms with Crippen molar-refractivity contribution >= 4 is 7.05 Å². The van der Waals surface area contributed by atoms with E-state index in [2.05, 4.69) is 49.0 Å². The Morgan fingerprint density at radius 3 is 2.68 bits per heavy atom. The van der Waals surface area contributed by atoms with Crippen molar-refractivity contribution in [2.45, 2.75) is 63.9 Å². The van der Waals surface area contributed by atoms with Gasteiger partial charge in [0.05, 0.1) is 11.8 Å². The van der Waals surface area contributed by atoms with Gasteiger partial charge in [-0.3, -0.25) is 4.81 Å². The van der Waals surface area contributed by atoms with Crippen LogP contribution in [-0.4, -0.2) is 23.9 Å². The monoisotopic (exact) mass is 331 g/mol. The molecule has 128 valence electrons. The molecule has 2 aliphatic heterocycles. The maximum absolute atomic E-state index is 6.65. The van der Waals surface area contributed by atoms with Crippen molar-refractivity contribution in [2.75, 3.05) is 0 Å². The van der Waals surface area contributed by atoms with Crippen LogP contribution in [-0.2, 0) is 4.65 Å². The molecular formula is C22H26BNO. The summed E-state index contributed by atoms with van der Waals surface area (Å²) in [6, 6.07) is 1.05. The van der Waals surface area contributed by atoms with Crippen LogP contribution >= 0.6 is 0 Å². The van der Waals surface area contributed by atoms with Gasteiger partial charge in [0, 0.05) is 11.9 Å². The second-order valence-corrected chi connectivity index (χ2v) is 9.01. The zero-order valence-corrected chi connectivity index (χ0v) is 15.2. The summed E-state index contributed by atoms with van der Waals surface area (Å²) in [6.45, 7) is 4.76. The number of nitrogens with zero attached hydrogens (tertiary/aromatic N) is 1. The standard InChI is InChI=1S/C22H26BNO/c1-13(2)14-9-10-20-19(12-14)24-18-8-4-6-16-11-15-5-3-7-17(23(24)25-20)21(15)22(16)18/h3-6,10,13-14,17-19H,7-9,11-12H2,1-2H3. The summed E-state index contributed by atoms with van der Waals surface area (Å²) in [5, 5.41) is 0. The van der Waals surface area contributed by atoms with Crippen LogP contribution in [0.3, 0.4) is 0 Å². The zero-order valence-electron chi connectivity index (χ0n) is 15.2. The summed E-state index contributed by atoms with van der Waals surface area (Å²) in [5.74, 6) is 3.38. The topological polar surface area (TPSA) is 12.5 Å². The summed E-state index contributed by atoms with van der Waals surface area (Å²) < 4.78 is 6.65. The van der Waals surface area contributed by atoms with Crippen molar-refractivity contribution in [3.8, 4) is 0 Å². The van der Waals surface area contributed by atoms with Crippen molar-refractivity contribution in [3.05, 3.63) is 58.4 Å². The van der Waals surface area contributed by atoms with Gasteiger partial charge in [0.1, 0.15) is 0 Å². The highest BCUT2D eigenvalue weighted by molar-refractivity contribution is 6.54. The Balaban J connectivity index is 1.46. The average molecular weight is 331 g/mol. The highest BCUT2D eigenvalue weighted by atomic mass is 16.5. The Morgan fingerprint density at radius 1 is 1.04 bits per heavy atom. The second kappa shape index (κ2) is 5.04. The highest BCUT2D eigenvalue weighted by Gasteiger charge is 2.58. The van der Waals surface area contributed by atoms with Crippen LogP contribution in [0.15, 0.2) is 58.4 Å². The largest absolute Gasteiger partial charge is 0.548 e. The lowest BCUT2D eigenvalue weighted by atomic mass is 9.53. The number of rotatable bonds is 1. The van der Waals surface area contributed by atoms with Gasteiger partial charge in [-0.2, -0.15) is 0 Å². The molecule has 0 aromatic heterocycles. The normalized spacial score (nSPS) is 38.0. The molecule has 4 aliphatic carbocycles. The molecule has 0 bridgehead atoms. The van der Waals surface area contributed by atoms with E-state index in [0.717, 1.165) is 31.1 Å². The first-order valence-electron chi connectivity index (χ1n) is 10.2. The average Bonchev–Trinajstić information content (AvgIpc) is 3.19. The SMILES string of the molecule is CC(C)C1CC=C2OB3C4CC=CC5=C4C4=C(C=CCC4N3C2C1)C5. The molecule has 2 fully saturated rings. The Labute approximate surface area is 151 Å². The van der Waals surface area contributed by atoms with Gasteiger partial charge < -0.3 is 4.65 Å². The van der Waals surface area contributed by atoms with Crippen LogP contribution in [0.2, 0.25) is 5.82 Å². The quantitative estimate of drug-likeness (QED) is 0.640. The Morgan fingerprint density at radius 2 is 1.84 bits per heavy atom. The molecule has 4 unspecified atom stereocenters. The van der Waals surface area contributed by atoms with Gasteiger partial charge in [-0.15, -0.1) is 0 Å². The molecule has 6 rings (SSSR count). The smallest absolute Gasteiger partial charge is 0.458 e. The maximum Gasteiger partial charge on any atom is 0.458 e. The van der Waals surface area contributed by atoms with E-state index in [1.807, 2.05) is 0 Å². The van der Waals surface area contributed by atoms with Crippen LogP contribution in [0, 0.1) is 11.8 Å².